The lowest BCUT2D eigenvalue weighted by atomic mass is 9.80. The van der Waals surface area contributed by atoms with Crippen LogP contribution in [0.2, 0.25) is 0 Å². The molecule has 1 fully saturated rings. The standard InChI is InChI=1S/C12H20N4O/c1-12(3-7-16(2)8-4-12)9-15-10-11(17)14-6-5-13-10/h5-6H,3-4,7-9H2,1-2H3,(H,13,15)(H,14,17). The molecule has 5 heteroatoms. The van der Waals surface area contributed by atoms with Gasteiger partial charge in [-0.3, -0.25) is 4.79 Å². The van der Waals surface area contributed by atoms with Crippen LogP contribution in [0.15, 0.2) is 17.2 Å². The highest BCUT2D eigenvalue weighted by Crippen LogP contribution is 2.30. The quantitative estimate of drug-likeness (QED) is 0.819. The highest BCUT2D eigenvalue weighted by atomic mass is 16.1. The molecule has 0 aromatic carbocycles. The number of nitrogens with zero attached hydrogens (tertiary/aromatic N) is 2. The molecule has 0 aliphatic carbocycles. The van der Waals surface area contributed by atoms with Crippen LogP contribution in [0.1, 0.15) is 19.8 Å². The van der Waals surface area contributed by atoms with Gasteiger partial charge in [0.25, 0.3) is 5.56 Å². The molecule has 2 rings (SSSR count). The number of rotatable bonds is 3. The van der Waals surface area contributed by atoms with Crippen LogP contribution in [0.25, 0.3) is 0 Å². The van der Waals surface area contributed by atoms with E-state index in [4.69, 9.17) is 0 Å². The van der Waals surface area contributed by atoms with Crippen molar-refractivity contribution in [2.75, 3.05) is 32.0 Å². The van der Waals surface area contributed by atoms with Gasteiger partial charge in [0.1, 0.15) is 0 Å². The second kappa shape index (κ2) is 4.87. The lowest BCUT2D eigenvalue weighted by molar-refractivity contribution is 0.150. The molecule has 0 atom stereocenters. The van der Waals surface area contributed by atoms with Crippen molar-refractivity contribution in [1.82, 2.24) is 14.9 Å². The zero-order chi connectivity index (χ0) is 12.3. The summed E-state index contributed by atoms with van der Waals surface area (Å²) in [7, 11) is 2.15. The Balaban J connectivity index is 1.94. The number of hydrogen-bond donors (Lipinski definition) is 2. The molecule has 5 nitrogen and oxygen atoms in total. The van der Waals surface area contributed by atoms with E-state index < -0.39 is 0 Å². The van der Waals surface area contributed by atoms with Gasteiger partial charge in [-0.1, -0.05) is 6.92 Å². The van der Waals surface area contributed by atoms with Gasteiger partial charge in [0.15, 0.2) is 5.82 Å². The molecule has 1 aliphatic heterocycles. The van der Waals surface area contributed by atoms with Gasteiger partial charge in [-0.25, -0.2) is 4.98 Å². The van der Waals surface area contributed by atoms with E-state index in [2.05, 4.69) is 34.2 Å². The zero-order valence-electron chi connectivity index (χ0n) is 10.5. The number of likely N-dealkylation sites (tertiary alicyclic amines) is 1. The Morgan fingerprint density at radius 1 is 1.53 bits per heavy atom. The number of anilines is 1. The smallest absolute Gasteiger partial charge is 0.290 e. The monoisotopic (exact) mass is 236 g/mol. The van der Waals surface area contributed by atoms with Crippen molar-refractivity contribution >= 4 is 5.82 Å². The summed E-state index contributed by atoms with van der Waals surface area (Å²) in [6, 6.07) is 0. The van der Waals surface area contributed by atoms with E-state index in [-0.39, 0.29) is 11.0 Å². The summed E-state index contributed by atoms with van der Waals surface area (Å²) >= 11 is 0. The zero-order valence-corrected chi connectivity index (χ0v) is 10.5. The maximum absolute atomic E-state index is 11.5. The highest BCUT2D eigenvalue weighted by Gasteiger charge is 2.28. The molecule has 0 spiro atoms. The number of piperidine rings is 1. The fraction of sp³-hybridized carbons (Fsp3) is 0.667. The van der Waals surface area contributed by atoms with Crippen LogP contribution < -0.4 is 10.9 Å². The van der Waals surface area contributed by atoms with Crippen LogP contribution in [0.3, 0.4) is 0 Å². The molecular weight excluding hydrogens is 216 g/mol. The third-order valence-corrected chi connectivity index (χ3v) is 3.58. The van der Waals surface area contributed by atoms with E-state index in [9.17, 15) is 4.79 Å². The second-order valence-electron chi connectivity index (χ2n) is 5.23. The lowest BCUT2D eigenvalue weighted by Crippen LogP contribution is -2.40. The minimum absolute atomic E-state index is 0.149. The van der Waals surface area contributed by atoms with Gasteiger partial charge in [0.05, 0.1) is 0 Å². The number of nitrogens with one attached hydrogen (secondary N) is 2. The van der Waals surface area contributed by atoms with Gasteiger partial charge < -0.3 is 15.2 Å². The number of H-pyrrole nitrogens is 1. The Morgan fingerprint density at radius 2 is 2.24 bits per heavy atom. The molecule has 1 aliphatic rings. The molecular formula is C12H20N4O. The van der Waals surface area contributed by atoms with E-state index in [0.717, 1.165) is 32.5 Å². The van der Waals surface area contributed by atoms with Gasteiger partial charge >= 0.3 is 0 Å². The normalized spacial score (nSPS) is 20.1. The molecule has 0 radical (unpaired) electrons. The summed E-state index contributed by atoms with van der Waals surface area (Å²) in [6.07, 6.45) is 5.45. The minimum atomic E-state index is -0.149. The van der Waals surface area contributed by atoms with Crippen LogP contribution >= 0.6 is 0 Å². The van der Waals surface area contributed by atoms with Crippen molar-refractivity contribution in [2.45, 2.75) is 19.8 Å². The fourth-order valence-corrected chi connectivity index (χ4v) is 2.11. The Morgan fingerprint density at radius 3 is 2.88 bits per heavy atom. The maximum atomic E-state index is 11.5. The van der Waals surface area contributed by atoms with Crippen molar-refractivity contribution in [3.63, 3.8) is 0 Å². The van der Waals surface area contributed by atoms with Crippen molar-refractivity contribution in [3.8, 4) is 0 Å². The van der Waals surface area contributed by atoms with Crippen molar-refractivity contribution < 1.29 is 0 Å². The molecule has 1 saturated heterocycles. The summed E-state index contributed by atoms with van der Waals surface area (Å²) in [5, 5.41) is 3.16. The molecule has 1 aromatic heterocycles. The molecule has 17 heavy (non-hydrogen) atoms. The third-order valence-electron chi connectivity index (χ3n) is 3.58. The van der Waals surface area contributed by atoms with Crippen molar-refractivity contribution in [1.29, 1.82) is 0 Å². The van der Waals surface area contributed by atoms with E-state index in [1.807, 2.05) is 0 Å². The van der Waals surface area contributed by atoms with E-state index in [1.165, 1.54) is 0 Å². The van der Waals surface area contributed by atoms with Gasteiger partial charge in [-0.2, -0.15) is 0 Å². The topological polar surface area (TPSA) is 61.0 Å². The first-order valence-electron chi connectivity index (χ1n) is 6.05. The summed E-state index contributed by atoms with van der Waals surface area (Å²) < 4.78 is 0. The first-order valence-corrected chi connectivity index (χ1v) is 6.05. The second-order valence-corrected chi connectivity index (χ2v) is 5.23. The number of hydrogen-bond acceptors (Lipinski definition) is 4. The highest BCUT2D eigenvalue weighted by molar-refractivity contribution is 5.30. The van der Waals surface area contributed by atoms with Gasteiger partial charge in [-0.15, -0.1) is 0 Å². The average molecular weight is 236 g/mol. The predicted molar refractivity (Wildman–Crippen MR) is 68.2 cm³/mol. The first-order chi connectivity index (χ1) is 8.09. The molecule has 0 unspecified atom stereocenters. The van der Waals surface area contributed by atoms with Crippen LogP contribution in [-0.4, -0.2) is 41.5 Å². The van der Waals surface area contributed by atoms with E-state index in [0.29, 0.717) is 5.82 Å². The fourth-order valence-electron chi connectivity index (χ4n) is 2.11. The summed E-state index contributed by atoms with van der Waals surface area (Å²) in [4.78, 5) is 20.5. The van der Waals surface area contributed by atoms with E-state index >= 15 is 0 Å². The number of aromatic nitrogens is 2. The molecule has 94 valence electrons. The van der Waals surface area contributed by atoms with Crippen LogP contribution in [0.4, 0.5) is 5.82 Å². The Kier molecular flexibility index (Phi) is 3.47. The summed E-state index contributed by atoms with van der Waals surface area (Å²) in [5.41, 5.74) is 0.111. The van der Waals surface area contributed by atoms with Crippen molar-refractivity contribution in [3.05, 3.63) is 22.7 Å². The van der Waals surface area contributed by atoms with Crippen LogP contribution in [-0.2, 0) is 0 Å². The number of aromatic amines is 1. The first kappa shape index (κ1) is 12.1. The lowest BCUT2D eigenvalue weighted by Gasteiger charge is -2.37. The molecule has 1 aromatic rings. The molecule has 2 N–H and O–H groups in total. The Hall–Kier alpha value is -1.36. The summed E-state index contributed by atoms with van der Waals surface area (Å²) in [5.74, 6) is 0.424. The molecule has 0 saturated carbocycles. The van der Waals surface area contributed by atoms with Crippen molar-refractivity contribution in [2.24, 2.45) is 5.41 Å². The maximum Gasteiger partial charge on any atom is 0.290 e. The van der Waals surface area contributed by atoms with Crippen LogP contribution in [0, 0.1) is 5.41 Å². The SMILES string of the molecule is CN1CCC(C)(CNc2ncc[nH]c2=O)CC1. The van der Waals surface area contributed by atoms with Gasteiger partial charge in [-0.05, 0) is 38.4 Å². The Labute approximate surface area is 101 Å². The molecule has 2 heterocycles. The molecule has 0 bridgehead atoms. The molecule has 0 amide bonds. The van der Waals surface area contributed by atoms with Crippen LogP contribution in [0.5, 0.6) is 0 Å². The third kappa shape index (κ3) is 3.06. The Bertz CT molecular complexity index is 421. The predicted octanol–water partition coefficient (Wildman–Crippen LogP) is 0.914. The summed E-state index contributed by atoms with van der Waals surface area (Å²) in [6.45, 7) is 5.32. The van der Waals surface area contributed by atoms with Gasteiger partial charge in [0.2, 0.25) is 0 Å². The minimum Gasteiger partial charge on any atom is -0.365 e. The average Bonchev–Trinajstić information content (AvgIpc) is 2.33. The van der Waals surface area contributed by atoms with Gasteiger partial charge in [0, 0.05) is 18.9 Å². The largest absolute Gasteiger partial charge is 0.365 e. The van der Waals surface area contributed by atoms with E-state index in [1.54, 1.807) is 12.4 Å².